The fourth-order valence-corrected chi connectivity index (χ4v) is 1.91. The molecule has 0 N–H and O–H groups in total. The maximum Gasteiger partial charge on any atom is 0.341 e. The molecular formula is C14H16N2O2. The standard InChI is InChI=1S/C14H16N2O2/c1-10-4-11(2)6-12(5-10)9-18-14(17)13-7-15-16(3)8-13/h4-8H,9H2,1-3H3. The van der Waals surface area contributed by atoms with Gasteiger partial charge in [0, 0.05) is 13.2 Å². The van der Waals surface area contributed by atoms with E-state index in [2.05, 4.69) is 11.2 Å². The highest BCUT2D eigenvalue weighted by molar-refractivity contribution is 5.88. The molecule has 0 saturated carbocycles. The minimum atomic E-state index is -0.345. The zero-order chi connectivity index (χ0) is 13.1. The summed E-state index contributed by atoms with van der Waals surface area (Å²) in [7, 11) is 1.76. The van der Waals surface area contributed by atoms with Crippen LogP contribution in [-0.4, -0.2) is 15.7 Å². The van der Waals surface area contributed by atoms with E-state index in [1.54, 1.807) is 17.9 Å². The molecule has 0 fully saturated rings. The first kappa shape index (κ1) is 12.4. The van der Waals surface area contributed by atoms with E-state index in [0.29, 0.717) is 5.56 Å². The molecule has 0 aliphatic carbocycles. The second-order valence-electron chi connectivity index (χ2n) is 4.47. The summed E-state index contributed by atoms with van der Waals surface area (Å²) in [5.41, 5.74) is 3.82. The lowest BCUT2D eigenvalue weighted by atomic mass is 10.1. The summed E-state index contributed by atoms with van der Waals surface area (Å²) in [5.74, 6) is -0.345. The SMILES string of the molecule is Cc1cc(C)cc(COC(=O)c2cnn(C)c2)c1. The highest BCUT2D eigenvalue weighted by Crippen LogP contribution is 2.11. The zero-order valence-corrected chi connectivity index (χ0v) is 10.8. The van der Waals surface area contributed by atoms with Crippen molar-refractivity contribution in [2.45, 2.75) is 20.5 Å². The third kappa shape index (κ3) is 2.97. The fraction of sp³-hybridized carbons (Fsp3) is 0.286. The number of nitrogens with zero attached hydrogens (tertiary/aromatic N) is 2. The molecule has 2 rings (SSSR count). The number of aromatic nitrogens is 2. The molecule has 94 valence electrons. The molecule has 4 heteroatoms. The lowest BCUT2D eigenvalue weighted by Crippen LogP contribution is -2.04. The van der Waals surface area contributed by atoms with Crippen LogP contribution in [0.25, 0.3) is 0 Å². The topological polar surface area (TPSA) is 44.1 Å². The number of carbonyl (C=O) groups excluding carboxylic acids is 1. The van der Waals surface area contributed by atoms with Crippen LogP contribution >= 0.6 is 0 Å². The molecule has 0 radical (unpaired) electrons. The first-order valence-electron chi connectivity index (χ1n) is 5.77. The largest absolute Gasteiger partial charge is 0.457 e. The Hall–Kier alpha value is -2.10. The van der Waals surface area contributed by atoms with Crippen molar-refractivity contribution in [3.05, 3.63) is 52.8 Å². The van der Waals surface area contributed by atoms with Gasteiger partial charge in [0.25, 0.3) is 0 Å². The second-order valence-corrected chi connectivity index (χ2v) is 4.47. The van der Waals surface area contributed by atoms with E-state index in [9.17, 15) is 4.79 Å². The quantitative estimate of drug-likeness (QED) is 0.779. The van der Waals surface area contributed by atoms with Crippen LogP contribution in [0.2, 0.25) is 0 Å². The van der Waals surface area contributed by atoms with Gasteiger partial charge in [-0.2, -0.15) is 5.10 Å². The average Bonchev–Trinajstić information content (AvgIpc) is 2.71. The van der Waals surface area contributed by atoms with Gasteiger partial charge in [-0.05, 0) is 19.4 Å². The van der Waals surface area contributed by atoms with E-state index < -0.39 is 0 Å². The van der Waals surface area contributed by atoms with Gasteiger partial charge in [0.1, 0.15) is 6.61 Å². The van der Waals surface area contributed by atoms with Gasteiger partial charge in [0.15, 0.2) is 0 Å². The summed E-state index contributed by atoms with van der Waals surface area (Å²) in [6, 6.07) is 6.12. The molecule has 0 saturated heterocycles. The first-order chi connectivity index (χ1) is 8.54. The predicted molar refractivity (Wildman–Crippen MR) is 68.2 cm³/mol. The minimum Gasteiger partial charge on any atom is -0.457 e. The summed E-state index contributed by atoms with van der Waals surface area (Å²) in [4.78, 5) is 11.7. The molecule has 0 bridgehead atoms. The van der Waals surface area contributed by atoms with Crippen LogP contribution in [0.15, 0.2) is 30.6 Å². The van der Waals surface area contributed by atoms with Crippen LogP contribution in [0.5, 0.6) is 0 Å². The van der Waals surface area contributed by atoms with E-state index in [4.69, 9.17) is 4.74 Å². The highest BCUT2D eigenvalue weighted by atomic mass is 16.5. The summed E-state index contributed by atoms with van der Waals surface area (Å²) in [6.45, 7) is 4.34. The Kier molecular flexibility index (Phi) is 3.46. The normalized spacial score (nSPS) is 10.4. The second kappa shape index (κ2) is 5.04. The van der Waals surface area contributed by atoms with Crippen LogP contribution in [0.4, 0.5) is 0 Å². The first-order valence-corrected chi connectivity index (χ1v) is 5.77. The van der Waals surface area contributed by atoms with Crippen molar-refractivity contribution in [3.8, 4) is 0 Å². The Labute approximate surface area is 106 Å². The predicted octanol–water partition coefficient (Wildman–Crippen LogP) is 2.39. The molecule has 18 heavy (non-hydrogen) atoms. The van der Waals surface area contributed by atoms with Crippen LogP contribution in [-0.2, 0) is 18.4 Å². The maximum absolute atomic E-state index is 11.7. The van der Waals surface area contributed by atoms with Crippen LogP contribution in [0, 0.1) is 13.8 Å². The van der Waals surface area contributed by atoms with Crippen LogP contribution in [0.3, 0.4) is 0 Å². The van der Waals surface area contributed by atoms with Crippen molar-refractivity contribution in [1.82, 2.24) is 9.78 Å². The van der Waals surface area contributed by atoms with Gasteiger partial charge in [0.2, 0.25) is 0 Å². The number of benzene rings is 1. The summed E-state index contributed by atoms with van der Waals surface area (Å²) >= 11 is 0. The third-order valence-electron chi connectivity index (χ3n) is 2.59. The molecule has 1 aromatic heterocycles. The van der Waals surface area contributed by atoms with E-state index in [1.165, 1.54) is 17.3 Å². The number of carbonyl (C=O) groups is 1. The van der Waals surface area contributed by atoms with Crippen molar-refractivity contribution >= 4 is 5.97 Å². The van der Waals surface area contributed by atoms with E-state index in [1.807, 2.05) is 26.0 Å². The van der Waals surface area contributed by atoms with Gasteiger partial charge in [-0.15, -0.1) is 0 Å². The fourth-order valence-electron chi connectivity index (χ4n) is 1.91. The average molecular weight is 244 g/mol. The smallest absolute Gasteiger partial charge is 0.341 e. The number of hydrogen-bond acceptors (Lipinski definition) is 3. The van der Waals surface area contributed by atoms with Gasteiger partial charge in [-0.25, -0.2) is 4.79 Å². The van der Waals surface area contributed by atoms with Crippen molar-refractivity contribution in [2.75, 3.05) is 0 Å². The Morgan fingerprint density at radius 1 is 1.28 bits per heavy atom. The summed E-state index contributed by atoms with van der Waals surface area (Å²) < 4.78 is 6.82. The lowest BCUT2D eigenvalue weighted by Gasteiger charge is -2.06. The van der Waals surface area contributed by atoms with E-state index in [-0.39, 0.29) is 12.6 Å². The van der Waals surface area contributed by atoms with Gasteiger partial charge < -0.3 is 4.74 Å². The Morgan fingerprint density at radius 3 is 2.50 bits per heavy atom. The minimum absolute atomic E-state index is 0.288. The van der Waals surface area contributed by atoms with Gasteiger partial charge in [-0.3, -0.25) is 4.68 Å². The lowest BCUT2D eigenvalue weighted by molar-refractivity contribution is 0.0472. The maximum atomic E-state index is 11.7. The summed E-state index contributed by atoms with van der Waals surface area (Å²) in [5, 5.41) is 3.94. The van der Waals surface area contributed by atoms with Gasteiger partial charge >= 0.3 is 5.97 Å². The highest BCUT2D eigenvalue weighted by Gasteiger charge is 2.09. The molecule has 0 spiro atoms. The van der Waals surface area contributed by atoms with Gasteiger partial charge in [-0.1, -0.05) is 29.3 Å². The molecule has 0 amide bonds. The van der Waals surface area contributed by atoms with E-state index >= 15 is 0 Å². The number of esters is 1. The monoisotopic (exact) mass is 244 g/mol. The zero-order valence-electron chi connectivity index (χ0n) is 10.8. The molecule has 0 aliphatic rings. The molecule has 4 nitrogen and oxygen atoms in total. The molecule has 0 unspecified atom stereocenters. The summed E-state index contributed by atoms with van der Waals surface area (Å²) in [6.07, 6.45) is 3.15. The Morgan fingerprint density at radius 2 is 1.94 bits per heavy atom. The van der Waals surface area contributed by atoms with E-state index in [0.717, 1.165) is 5.56 Å². The number of ether oxygens (including phenoxy) is 1. The van der Waals surface area contributed by atoms with Crippen molar-refractivity contribution in [1.29, 1.82) is 0 Å². The molecular weight excluding hydrogens is 228 g/mol. The number of aryl methyl sites for hydroxylation is 3. The molecule has 1 aromatic carbocycles. The molecule has 0 aliphatic heterocycles. The van der Waals surface area contributed by atoms with Crippen molar-refractivity contribution in [2.24, 2.45) is 7.05 Å². The van der Waals surface area contributed by atoms with Gasteiger partial charge in [0.05, 0.1) is 11.8 Å². The Balaban J connectivity index is 2.01. The molecule has 2 aromatic rings. The number of hydrogen-bond donors (Lipinski definition) is 0. The van der Waals surface area contributed by atoms with Crippen molar-refractivity contribution < 1.29 is 9.53 Å². The Bertz CT molecular complexity index is 553. The van der Waals surface area contributed by atoms with Crippen LogP contribution < -0.4 is 0 Å². The van der Waals surface area contributed by atoms with Crippen molar-refractivity contribution in [3.63, 3.8) is 0 Å². The third-order valence-corrected chi connectivity index (χ3v) is 2.59. The molecule has 1 heterocycles. The van der Waals surface area contributed by atoms with Crippen LogP contribution in [0.1, 0.15) is 27.0 Å². The molecule has 0 atom stereocenters. The number of rotatable bonds is 3.